The summed E-state index contributed by atoms with van der Waals surface area (Å²) in [4.78, 5) is 12.6. The van der Waals surface area contributed by atoms with Gasteiger partial charge in [-0.2, -0.15) is 0 Å². The minimum absolute atomic E-state index is 0.0961. The molecule has 108 valence electrons. The summed E-state index contributed by atoms with van der Waals surface area (Å²) in [6, 6.07) is 6.12. The lowest BCUT2D eigenvalue weighted by Crippen LogP contribution is -2.17. The summed E-state index contributed by atoms with van der Waals surface area (Å²) in [5.74, 6) is 0.331. The van der Waals surface area contributed by atoms with Crippen LogP contribution in [0.2, 0.25) is 0 Å². The van der Waals surface area contributed by atoms with Gasteiger partial charge in [-0.15, -0.1) is 0 Å². The van der Waals surface area contributed by atoms with Gasteiger partial charge >= 0.3 is 0 Å². The zero-order valence-electron chi connectivity index (χ0n) is 13.1. The number of aryl methyl sites for hydroxylation is 2. The summed E-state index contributed by atoms with van der Waals surface area (Å²) in [5, 5.41) is 3.30. The molecule has 0 radical (unpaired) electrons. The van der Waals surface area contributed by atoms with Crippen LogP contribution in [0.4, 0.5) is 0 Å². The Hall–Kier alpha value is -1.77. The molecule has 0 spiro atoms. The van der Waals surface area contributed by atoms with Crippen molar-refractivity contribution in [1.82, 2.24) is 9.78 Å². The van der Waals surface area contributed by atoms with E-state index in [9.17, 15) is 4.79 Å². The van der Waals surface area contributed by atoms with Crippen molar-refractivity contribution >= 4 is 0 Å². The third-order valence-corrected chi connectivity index (χ3v) is 3.84. The Morgan fingerprint density at radius 1 is 1.20 bits per heavy atom. The molecule has 0 unspecified atom stereocenters. The number of aromatic nitrogens is 2. The Morgan fingerprint density at radius 2 is 1.90 bits per heavy atom. The van der Waals surface area contributed by atoms with Crippen LogP contribution in [0.1, 0.15) is 55.5 Å². The number of H-pyrrole nitrogens is 1. The fourth-order valence-corrected chi connectivity index (χ4v) is 2.50. The van der Waals surface area contributed by atoms with Crippen molar-refractivity contribution in [2.24, 2.45) is 0 Å². The molecule has 2 aromatic rings. The van der Waals surface area contributed by atoms with Gasteiger partial charge in [0.2, 0.25) is 0 Å². The molecule has 0 fully saturated rings. The van der Waals surface area contributed by atoms with Crippen LogP contribution in [0.3, 0.4) is 0 Å². The molecule has 3 heteroatoms. The molecule has 1 aromatic heterocycles. The second kappa shape index (κ2) is 5.70. The lowest BCUT2D eigenvalue weighted by atomic mass is 10.0. The van der Waals surface area contributed by atoms with Crippen molar-refractivity contribution in [1.29, 1.82) is 0 Å². The summed E-state index contributed by atoms with van der Waals surface area (Å²) in [7, 11) is 0. The van der Waals surface area contributed by atoms with Gasteiger partial charge in [-0.1, -0.05) is 33.3 Å². The standard InChI is InChI=1S/C17H24N2O/c1-6-7-15-16(11(2)3)18-19(17(15)20)14-9-8-12(4)13(5)10-14/h8-11,18H,6-7H2,1-5H3. The molecular weight excluding hydrogens is 248 g/mol. The summed E-state index contributed by atoms with van der Waals surface area (Å²) < 4.78 is 1.69. The molecule has 0 amide bonds. The monoisotopic (exact) mass is 272 g/mol. The maximum Gasteiger partial charge on any atom is 0.274 e. The summed E-state index contributed by atoms with van der Waals surface area (Å²) in [6.07, 6.45) is 1.82. The SMILES string of the molecule is CCCc1c(C(C)C)[nH]n(-c2ccc(C)c(C)c2)c1=O. The van der Waals surface area contributed by atoms with Crippen LogP contribution in [0.25, 0.3) is 5.69 Å². The van der Waals surface area contributed by atoms with E-state index < -0.39 is 0 Å². The molecule has 20 heavy (non-hydrogen) atoms. The van der Waals surface area contributed by atoms with E-state index in [4.69, 9.17) is 0 Å². The number of benzene rings is 1. The molecule has 0 aliphatic heterocycles. The zero-order chi connectivity index (χ0) is 14.9. The molecule has 1 N–H and O–H groups in total. The third-order valence-electron chi connectivity index (χ3n) is 3.84. The van der Waals surface area contributed by atoms with E-state index in [0.29, 0.717) is 5.92 Å². The summed E-state index contributed by atoms with van der Waals surface area (Å²) in [6.45, 7) is 10.5. The largest absolute Gasteiger partial charge is 0.294 e. The highest BCUT2D eigenvalue weighted by molar-refractivity contribution is 5.40. The van der Waals surface area contributed by atoms with Crippen LogP contribution in [0, 0.1) is 13.8 Å². The van der Waals surface area contributed by atoms with Gasteiger partial charge in [0.05, 0.1) is 5.69 Å². The molecular formula is C17H24N2O. The Bertz CT molecular complexity index is 662. The van der Waals surface area contributed by atoms with Crippen molar-refractivity contribution in [3.05, 3.63) is 50.9 Å². The fourth-order valence-electron chi connectivity index (χ4n) is 2.50. The number of rotatable bonds is 4. The first kappa shape index (κ1) is 14.6. The zero-order valence-corrected chi connectivity index (χ0v) is 13.1. The second-order valence-corrected chi connectivity index (χ2v) is 5.82. The van der Waals surface area contributed by atoms with E-state index in [-0.39, 0.29) is 5.56 Å². The number of nitrogens with one attached hydrogen (secondary N) is 1. The highest BCUT2D eigenvalue weighted by Gasteiger charge is 2.16. The summed E-state index contributed by atoms with van der Waals surface area (Å²) >= 11 is 0. The van der Waals surface area contributed by atoms with E-state index in [2.05, 4.69) is 51.9 Å². The van der Waals surface area contributed by atoms with Crippen LogP contribution >= 0.6 is 0 Å². The fraction of sp³-hybridized carbons (Fsp3) is 0.471. The van der Waals surface area contributed by atoms with Crippen LogP contribution in [0.5, 0.6) is 0 Å². The average molecular weight is 272 g/mol. The molecule has 3 nitrogen and oxygen atoms in total. The van der Waals surface area contributed by atoms with Crippen molar-refractivity contribution in [2.45, 2.75) is 53.4 Å². The van der Waals surface area contributed by atoms with Crippen molar-refractivity contribution < 1.29 is 0 Å². The highest BCUT2D eigenvalue weighted by Crippen LogP contribution is 2.19. The van der Waals surface area contributed by atoms with E-state index >= 15 is 0 Å². The molecule has 0 saturated heterocycles. The third kappa shape index (κ3) is 2.58. The Morgan fingerprint density at radius 3 is 2.45 bits per heavy atom. The molecule has 1 heterocycles. The van der Waals surface area contributed by atoms with E-state index in [1.165, 1.54) is 11.1 Å². The van der Waals surface area contributed by atoms with Crippen molar-refractivity contribution in [3.8, 4) is 5.69 Å². The minimum atomic E-state index is 0.0961. The van der Waals surface area contributed by atoms with E-state index in [0.717, 1.165) is 29.8 Å². The number of nitrogens with zero attached hydrogens (tertiary/aromatic N) is 1. The van der Waals surface area contributed by atoms with E-state index in [1.807, 2.05) is 6.07 Å². The van der Waals surface area contributed by atoms with Gasteiger partial charge in [-0.3, -0.25) is 9.89 Å². The van der Waals surface area contributed by atoms with Crippen LogP contribution < -0.4 is 5.56 Å². The van der Waals surface area contributed by atoms with Crippen molar-refractivity contribution in [3.63, 3.8) is 0 Å². The number of hydrogen-bond acceptors (Lipinski definition) is 1. The van der Waals surface area contributed by atoms with Crippen molar-refractivity contribution in [2.75, 3.05) is 0 Å². The van der Waals surface area contributed by atoms with Gasteiger partial charge in [0, 0.05) is 11.3 Å². The topological polar surface area (TPSA) is 37.8 Å². The smallest absolute Gasteiger partial charge is 0.274 e. The first-order chi connectivity index (χ1) is 9.45. The first-order valence-corrected chi connectivity index (χ1v) is 7.37. The first-order valence-electron chi connectivity index (χ1n) is 7.37. The van der Waals surface area contributed by atoms with Gasteiger partial charge in [0.15, 0.2) is 0 Å². The molecule has 0 atom stereocenters. The van der Waals surface area contributed by atoms with E-state index in [1.54, 1.807) is 4.68 Å². The normalized spacial score (nSPS) is 11.3. The Balaban J connectivity index is 2.60. The maximum absolute atomic E-state index is 12.6. The van der Waals surface area contributed by atoms with Crippen LogP contribution in [0.15, 0.2) is 23.0 Å². The predicted octanol–water partition coefficient (Wildman–Crippen LogP) is 3.86. The predicted molar refractivity (Wildman–Crippen MR) is 83.9 cm³/mol. The lowest BCUT2D eigenvalue weighted by molar-refractivity contribution is 0.754. The molecule has 0 aliphatic rings. The van der Waals surface area contributed by atoms with Gasteiger partial charge in [-0.05, 0) is 49.4 Å². The number of aromatic amines is 1. The molecule has 0 bridgehead atoms. The van der Waals surface area contributed by atoms with Crippen LogP contribution in [-0.2, 0) is 6.42 Å². The van der Waals surface area contributed by atoms with Gasteiger partial charge in [0.25, 0.3) is 5.56 Å². The van der Waals surface area contributed by atoms with Gasteiger partial charge < -0.3 is 0 Å². The average Bonchev–Trinajstić information content (AvgIpc) is 2.72. The lowest BCUT2D eigenvalue weighted by Gasteiger charge is -2.06. The molecule has 0 aliphatic carbocycles. The second-order valence-electron chi connectivity index (χ2n) is 5.82. The Labute approximate surface area is 120 Å². The quantitative estimate of drug-likeness (QED) is 0.901. The Kier molecular flexibility index (Phi) is 4.17. The van der Waals surface area contributed by atoms with Crippen LogP contribution in [-0.4, -0.2) is 9.78 Å². The minimum Gasteiger partial charge on any atom is -0.294 e. The van der Waals surface area contributed by atoms with Gasteiger partial charge in [-0.25, -0.2) is 4.68 Å². The molecule has 1 aromatic carbocycles. The number of hydrogen-bond donors (Lipinski definition) is 1. The molecule has 0 saturated carbocycles. The van der Waals surface area contributed by atoms with Gasteiger partial charge in [0.1, 0.15) is 0 Å². The molecule has 2 rings (SSSR count). The highest BCUT2D eigenvalue weighted by atomic mass is 16.1. The maximum atomic E-state index is 12.6. The summed E-state index contributed by atoms with van der Waals surface area (Å²) in [5.41, 5.74) is 5.45.